The molecule has 1 amide bonds. The number of H-pyrrole nitrogens is 1. The molecule has 0 bridgehead atoms. The lowest BCUT2D eigenvalue weighted by atomic mass is 10.2. The van der Waals surface area contributed by atoms with E-state index in [0.717, 1.165) is 12.1 Å². The number of amides is 1. The maximum absolute atomic E-state index is 14.6. The van der Waals surface area contributed by atoms with Crippen LogP contribution >= 0.6 is 0 Å². The first-order valence-electron chi connectivity index (χ1n) is 9.23. The number of aromatic amines is 1. The summed E-state index contributed by atoms with van der Waals surface area (Å²) in [5, 5.41) is 6.99. The van der Waals surface area contributed by atoms with Crippen LogP contribution in [0.3, 0.4) is 0 Å². The number of hydrogen-bond acceptors (Lipinski definition) is 5. The molecule has 4 rings (SSSR count). The number of ether oxygens (including phenoxy) is 1. The number of nitrogens with zero attached hydrogens (tertiary/aromatic N) is 4. The normalized spacial score (nSPS) is 11.1. The first-order chi connectivity index (χ1) is 14.5. The average molecular weight is 412 g/mol. The highest BCUT2D eigenvalue weighted by Gasteiger charge is 2.20. The van der Waals surface area contributed by atoms with Crippen LogP contribution in [0.5, 0.6) is 5.75 Å². The second-order valence-electron chi connectivity index (χ2n) is 6.52. The van der Waals surface area contributed by atoms with Crippen LogP contribution < -0.4 is 10.1 Å². The minimum absolute atomic E-state index is 0.0721. The number of fused-ring (bicyclic) bond motifs is 1. The molecule has 0 aliphatic carbocycles. The molecule has 154 valence electrons. The minimum Gasteiger partial charge on any atom is -0.494 e. The van der Waals surface area contributed by atoms with Gasteiger partial charge < -0.3 is 15.0 Å². The summed E-state index contributed by atoms with van der Waals surface area (Å²) in [6.07, 6.45) is 5.54. The Morgan fingerprint density at radius 1 is 1.27 bits per heavy atom. The average Bonchev–Trinajstić information content (AvgIpc) is 3.37. The molecule has 0 aliphatic heterocycles. The summed E-state index contributed by atoms with van der Waals surface area (Å²) >= 11 is 0. The molecule has 2 N–H and O–H groups in total. The third-order valence-corrected chi connectivity index (χ3v) is 4.62. The Hall–Kier alpha value is -3.82. The van der Waals surface area contributed by atoms with Gasteiger partial charge in [0.15, 0.2) is 23.0 Å². The molecule has 30 heavy (non-hydrogen) atoms. The van der Waals surface area contributed by atoms with Gasteiger partial charge in [0.1, 0.15) is 5.69 Å². The lowest BCUT2D eigenvalue weighted by Gasteiger charge is -2.12. The van der Waals surface area contributed by atoms with Crippen molar-refractivity contribution in [2.45, 2.75) is 19.8 Å². The van der Waals surface area contributed by atoms with Gasteiger partial charge in [-0.1, -0.05) is 13.3 Å². The highest BCUT2D eigenvalue weighted by Crippen LogP contribution is 2.28. The van der Waals surface area contributed by atoms with Gasteiger partial charge in [-0.25, -0.2) is 23.4 Å². The second-order valence-corrected chi connectivity index (χ2v) is 6.52. The first kappa shape index (κ1) is 19.5. The molecule has 0 fully saturated rings. The van der Waals surface area contributed by atoms with Crippen molar-refractivity contribution >= 4 is 22.8 Å². The van der Waals surface area contributed by atoms with Crippen LogP contribution in [0.15, 0.2) is 36.9 Å². The summed E-state index contributed by atoms with van der Waals surface area (Å²) < 4.78 is 34.9. The van der Waals surface area contributed by atoms with E-state index in [9.17, 15) is 13.6 Å². The smallest absolute Gasteiger partial charge is 0.258 e. The zero-order valence-electron chi connectivity index (χ0n) is 16.2. The van der Waals surface area contributed by atoms with Crippen LogP contribution in [0.25, 0.3) is 16.9 Å². The molecular weight excluding hydrogens is 394 g/mol. The summed E-state index contributed by atoms with van der Waals surface area (Å²) in [6.45, 7) is 1.94. The summed E-state index contributed by atoms with van der Waals surface area (Å²) in [5.41, 5.74) is 2.16. The molecule has 0 radical (unpaired) electrons. The zero-order chi connectivity index (χ0) is 21.3. The van der Waals surface area contributed by atoms with Gasteiger partial charge in [0.05, 0.1) is 42.1 Å². The van der Waals surface area contributed by atoms with Crippen LogP contribution in [0.4, 0.5) is 14.5 Å². The van der Waals surface area contributed by atoms with Crippen molar-refractivity contribution in [2.24, 2.45) is 0 Å². The first-order valence-corrected chi connectivity index (χ1v) is 9.23. The number of benzene rings is 1. The molecule has 3 aromatic heterocycles. The van der Waals surface area contributed by atoms with E-state index < -0.39 is 17.5 Å². The van der Waals surface area contributed by atoms with E-state index in [0.29, 0.717) is 41.0 Å². The lowest BCUT2D eigenvalue weighted by Crippen LogP contribution is -2.14. The Kier molecular flexibility index (Phi) is 5.13. The zero-order valence-corrected chi connectivity index (χ0v) is 16.2. The molecule has 3 heterocycles. The number of anilines is 1. The SMILES string of the molecule is CCCc1c(NC(=O)c2ccnc3nc[nH]c23)cnn1-c1cc(F)c(OC)cc1F. The highest BCUT2D eigenvalue weighted by atomic mass is 19.1. The van der Waals surface area contributed by atoms with Crippen LogP contribution in [0.2, 0.25) is 0 Å². The Bertz CT molecular complexity index is 1230. The van der Waals surface area contributed by atoms with Crippen LogP contribution in [-0.4, -0.2) is 37.7 Å². The number of hydrogen-bond donors (Lipinski definition) is 2. The van der Waals surface area contributed by atoms with Crippen molar-refractivity contribution in [3.63, 3.8) is 0 Å². The molecular formula is C20H18F2N6O2. The van der Waals surface area contributed by atoms with E-state index in [2.05, 4.69) is 25.4 Å². The van der Waals surface area contributed by atoms with E-state index in [1.54, 1.807) is 6.07 Å². The number of halogens is 2. The van der Waals surface area contributed by atoms with Gasteiger partial charge in [-0.2, -0.15) is 5.10 Å². The van der Waals surface area contributed by atoms with Gasteiger partial charge in [-0.05, 0) is 12.5 Å². The number of aromatic nitrogens is 5. The van der Waals surface area contributed by atoms with Gasteiger partial charge in [0, 0.05) is 18.3 Å². The van der Waals surface area contributed by atoms with Crippen molar-refractivity contribution in [3.8, 4) is 11.4 Å². The fourth-order valence-electron chi connectivity index (χ4n) is 3.23. The lowest BCUT2D eigenvalue weighted by molar-refractivity contribution is 0.102. The molecule has 0 saturated carbocycles. The van der Waals surface area contributed by atoms with Crippen molar-refractivity contribution in [2.75, 3.05) is 12.4 Å². The predicted molar refractivity (Wildman–Crippen MR) is 106 cm³/mol. The molecule has 0 atom stereocenters. The quantitative estimate of drug-likeness (QED) is 0.504. The van der Waals surface area contributed by atoms with E-state index in [-0.39, 0.29) is 11.4 Å². The summed E-state index contributed by atoms with van der Waals surface area (Å²) in [5.74, 6) is -2.00. The van der Waals surface area contributed by atoms with Gasteiger partial charge in [0.2, 0.25) is 0 Å². The molecule has 0 aliphatic rings. The molecule has 10 heteroatoms. The van der Waals surface area contributed by atoms with Crippen LogP contribution in [0, 0.1) is 11.6 Å². The predicted octanol–water partition coefficient (Wildman–Crippen LogP) is 3.64. The number of carbonyl (C=O) groups excluding carboxylic acids is 1. The number of imidazole rings is 1. The van der Waals surface area contributed by atoms with Gasteiger partial charge in [-0.15, -0.1) is 0 Å². The fourth-order valence-corrected chi connectivity index (χ4v) is 3.23. The molecule has 4 aromatic rings. The molecule has 1 aromatic carbocycles. The Morgan fingerprint density at radius 3 is 2.87 bits per heavy atom. The highest BCUT2D eigenvalue weighted by molar-refractivity contribution is 6.11. The Balaban J connectivity index is 1.72. The van der Waals surface area contributed by atoms with Crippen molar-refractivity contribution < 1.29 is 18.3 Å². The van der Waals surface area contributed by atoms with Gasteiger partial charge in [0.25, 0.3) is 5.91 Å². The van der Waals surface area contributed by atoms with E-state index >= 15 is 0 Å². The minimum atomic E-state index is -0.712. The number of rotatable bonds is 6. The number of methoxy groups -OCH3 is 1. The molecule has 0 spiro atoms. The molecule has 0 unspecified atom stereocenters. The van der Waals surface area contributed by atoms with Gasteiger partial charge in [-0.3, -0.25) is 4.79 Å². The molecule has 8 nitrogen and oxygen atoms in total. The number of carbonyl (C=O) groups is 1. The van der Waals surface area contributed by atoms with Crippen molar-refractivity contribution in [3.05, 3.63) is 59.8 Å². The van der Waals surface area contributed by atoms with Crippen LogP contribution in [0.1, 0.15) is 29.4 Å². The fraction of sp³-hybridized carbons (Fsp3) is 0.200. The maximum Gasteiger partial charge on any atom is 0.258 e. The van der Waals surface area contributed by atoms with Gasteiger partial charge >= 0.3 is 0 Å². The second kappa shape index (κ2) is 7.90. The topological polar surface area (TPSA) is 97.7 Å². The van der Waals surface area contributed by atoms with Crippen molar-refractivity contribution in [1.82, 2.24) is 24.7 Å². The largest absolute Gasteiger partial charge is 0.494 e. The van der Waals surface area contributed by atoms with E-state index in [4.69, 9.17) is 4.74 Å². The third-order valence-electron chi connectivity index (χ3n) is 4.62. The number of nitrogens with one attached hydrogen (secondary N) is 2. The standard InChI is InChI=1S/C20H18F2N6O2/c1-3-4-15-14(27-20(29)11-5-6-23-19-18(11)24-10-25-19)9-26-28(15)16-7-13(22)17(30-2)8-12(16)21/h5-10H,3-4H2,1-2H3,(H,27,29)(H,23,24,25). The Morgan fingerprint density at radius 2 is 2.10 bits per heavy atom. The Labute approximate surface area is 169 Å². The molecule has 0 saturated heterocycles. The summed E-state index contributed by atoms with van der Waals surface area (Å²) in [4.78, 5) is 23.9. The van der Waals surface area contributed by atoms with E-state index in [1.807, 2.05) is 6.92 Å². The van der Waals surface area contributed by atoms with E-state index in [1.165, 1.54) is 30.5 Å². The summed E-state index contributed by atoms with van der Waals surface area (Å²) in [6, 6.07) is 3.55. The third kappa shape index (κ3) is 3.36. The monoisotopic (exact) mass is 412 g/mol. The summed E-state index contributed by atoms with van der Waals surface area (Å²) in [7, 11) is 1.26. The van der Waals surface area contributed by atoms with Crippen LogP contribution in [-0.2, 0) is 6.42 Å². The maximum atomic E-state index is 14.6. The number of pyridine rings is 1. The van der Waals surface area contributed by atoms with Crippen molar-refractivity contribution in [1.29, 1.82) is 0 Å².